The van der Waals surface area contributed by atoms with Gasteiger partial charge in [-0.3, -0.25) is 4.90 Å². The monoisotopic (exact) mass is 547 g/mol. The van der Waals surface area contributed by atoms with Crippen LogP contribution in [-0.4, -0.2) is 66.0 Å². The maximum Gasteiger partial charge on any atom is 0.413 e. The van der Waals surface area contributed by atoms with Crippen molar-refractivity contribution in [2.45, 2.75) is 76.4 Å². The summed E-state index contributed by atoms with van der Waals surface area (Å²) >= 11 is 0. The van der Waals surface area contributed by atoms with Crippen molar-refractivity contribution in [1.29, 1.82) is 0 Å². The Morgan fingerprint density at radius 1 is 1.05 bits per heavy atom. The van der Waals surface area contributed by atoms with Crippen LogP contribution in [0.2, 0.25) is 0 Å². The van der Waals surface area contributed by atoms with Gasteiger partial charge in [-0.15, -0.1) is 0 Å². The van der Waals surface area contributed by atoms with Crippen LogP contribution < -0.4 is 5.32 Å². The summed E-state index contributed by atoms with van der Waals surface area (Å²) in [5.41, 5.74) is 2.32. The van der Waals surface area contributed by atoms with E-state index < -0.39 is 36.1 Å². The lowest BCUT2D eigenvalue weighted by molar-refractivity contribution is -0.180. The van der Waals surface area contributed by atoms with E-state index in [1.165, 1.54) is 28.2 Å². The quantitative estimate of drug-likeness (QED) is 0.476. The smallest absolute Gasteiger partial charge is 0.413 e. The van der Waals surface area contributed by atoms with Crippen molar-refractivity contribution in [2.24, 2.45) is 0 Å². The van der Waals surface area contributed by atoms with E-state index in [-0.39, 0.29) is 30.1 Å². The molecule has 39 heavy (non-hydrogen) atoms. The van der Waals surface area contributed by atoms with Crippen LogP contribution in [-0.2, 0) is 21.3 Å². The standard InChI is InChI=1S/C29H36F3N3O4/c1-27(2,3)39-26(37)35-16-21(17-35)38-25(36)34(6)24(29(30,31)32)18-11-13-20(14-12-18)33-23-15-19-9-7-8-10-22(19)28(23,4)5/h7-14,21,23-24,33H,15-17H2,1-6H3. The second-order valence-electron chi connectivity index (χ2n) is 11.8. The third-order valence-corrected chi connectivity index (χ3v) is 7.33. The molecule has 0 bridgehead atoms. The van der Waals surface area contributed by atoms with Crippen LogP contribution in [0, 0.1) is 0 Å². The van der Waals surface area contributed by atoms with Gasteiger partial charge in [-0.2, -0.15) is 13.2 Å². The molecule has 10 heteroatoms. The summed E-state index contributed by atoms with van der Waals surface area (Å²) in [7, 11) is 1.06. The first-order chi connectivity index (χ1) is 18.1. The van der Waals surface area contributed by atoms with Gasteiger partial charge in [0.25, 0.3) is 0 Å². The minimum absolute atomic E-state index is 0.0624. The molecule has 1 fully saturated rings. The zero-order chi connectivity index (χ0) is 28.8. The molecule has 0 saturated carbocycles. The SMILES string of the molecule is CN(C(=O)OC1CN(C(=O)OC(C)(C)C)C1)C(c1ccc(NC2Cc3ccccc3C2(C)C)cc1)C(F)(F)F. The number of carbonyl (C=O) groups is 2. The van der Waals surface area contributed by atoms with E-state index in [4.69, 9.17) is 9.47 Å². The number of rotatable bonds is 5. The van der Waals surface area contributed by atoms with Crippen molar-refractivity contribution in [2.75, 3.05) is 25.5 Å². The van der Waals surface area contributed by atoms with Gasteiger partial charge in [0, 0.05) is 24.2 Å². The number of benzene rings is 2. The van der Waals surface area contributed by atoms with E-state index in [1.54, 1.807) is 32.9 Å². The van der Waals surface area contributed by atoms with Crippen LogP contribution in [0.3, 0.4) is 0 Å². The van der Waals surface area contributed by atoms with Gasteiger partial charge in [0.2, 0.25) is 0 Å². The second kappa shape index (κ2) is 10.3. The Labute approximate surface area is 227 Å². The molecular formula is C29H36F3N3O4. The highest BCUT2D eigenvalue weighted by Crippen LogP contribution is 2.41. The van der Waals surface area contributed by atoms with E-state index in [1.807, 2.05) is 12.1 Å². The average molecular weight is 548 g/mol. The third-order valence-electron chi connectivity index (χ3n) is 7.33. The normalized spacial score (nSPS) is 19.5. The Balaban J connectivity index is 1.39. The molecule has 2 aromatic rings. The van der Waals surface area contributed by atoms with Gasteiger partial charge in [-0.1, -0.05) is 50.2 Å². The summed E-state index contributed by atoms with van der Waals surface area (Å²) in [4.78, 5) is 26.6. The topological polar surface area (TPSA) is 71.1 Å². The molecule has 2 unspecified atom stereocenters. The molecule has 2 aliphatic rings. The molecule has 1 N–H and O–H groups in total. The number of hydrogen-bond acceptors (Lipinski definition) is 5. The molecule has 0 spiro atoms. The molecule has 1 aliphatic heterocycles. The molecule has 2 amide bonds. The maximum atomic E-state index is 14.1. The summed E-state index contributed by atoms with van der Waals surface area (Å²) < 4.78 is 52.9. The lowest BCUT2D eigenvalue weighted by atomic mass is 9.83. The molecule has 1 aliphatic carbocycles. The predicted octanol–water partition coefficient (Wildman–Crippen LogP) is 6.29. The van der Waals surface area contributed by atoms with E-state index in [0.29, 0.717) is 10.6 Å². The van der Waals surface area contributed by atoms with E-state index in [0.717, 1.165) is 13.5 Å². The Morgan fingerprint density at radius 2 is 1.67 bits per heavy atom. The number of ether oxygens (including phenoxy) is 2. The van der Waals surface area contributed by atoms with Crippen molar-refractivity contribution in [1.82, 2.24) is 9.80 Å². The van der Waals surface area contributed by atoms with Crippen molar-refractivity contribution < 1.29 is 32.2 Å². The number of anilines is 1. The van der Waals surface area contributed by atoms with E-state index in [9.17, 15) is 22.8 Å². The second-order valence-corrected chi connectivity index (χ2v) is 11.8. The average Bonchev–Trinajstić information content (AvgIpc) is 3.04. The molecule has 1 saturated heterocycles. The molecule has 1 heterocycles. The Kier molecular flexibility index (Phi) is 7.53. The predicted molar refractivity (Wildman–Crippen MR) is 142 cm³/mol. The van der Waals surface area contributed by atoms with Crippen LogP contribution in [0.1, 0.15) is 57.4 Å². The van der Waals surface area contributed by atoms with Gasteiger partial charge < -0.3 is 19.7 Å². The number of hydrogen-bond donors (Lipinski definition) is 1. The molecule has 2 atom stereocenters. The lowest BCUT2D eigenvalue weighted by Gasteiger charge is -2.40. The van der Waals surface area contributed by atoms with Gasteiger partial charge in [0.05, 0.1) is 13.1 Å². The van der Waals surface area contributed by atoms with Crippen molar-refractivity contribution in [3.05, 3.63) is 65.2 Å². The molecule has 0 aromatic heterocycles. The summed E-state index contributed by atoms with van der Waals surface area (Å²) in [5, 5.41) is 3.47. The highest BCUT2D eigenvalue weighted by atomic mass is 19.4. The minimum Gasteiger partial charge on any atom is -0.444 e. The fraction of sp³-hybridized carbons (Fsp3) is 0.517. The van der Waals surface area contributed by atoms with Crippen LogP contribution in [0.15, 0.2) is 48.5 Å². The maximum absolute atomic E-state index is 14.1. The van der Waals surface area contributed by atoms with Crippen LogP contribution in [0.4, 0.5) is 28.4 Å². The van der Waals surface area contributed by atoms with Gasteiger partial charge >= 0.3 is 18.4 Å². The lowest BCUT2D eigenvalue weighted by Crippen LogP contribution is -2.57. The summed E-state index contributed by atoms with van der Waals surface area (Å²) in [6.07, 6.45) is -6.28. The summed E-state index contributed by atoms with van der Waals surface area (Å²) in [6.45, 7) is 9.61. The number of fused-ring (bicyclic) bond motifs is 1. The molecule has 0 radical (unpaired) electrons. The van der Waals surface area contributed by atoms with Crippen LogP contribution in [0.5, 0.6) is 0 Å². The number of carbonyl (C=O) groups excluding carboxylic acids is 2. The van der Waals surface area contributed by atoms with Crippen molar-refractivity contribution in [3.8, 4) is 0 Å². The molecular weight excluding hydrogens is 511 g/mol. The fourth-order valence-corrected chi connectivity index (χ4v) is 5.14. The highest BCUT2D eigenvalue weighted by Gasteiger charge is 2.47. The van der Waals surface area contributed by atoms with Gasteiger partial charge in [0.15, 0.2) is 6.04 Å². The van der Waals surface area contributed by atoms with Crippen molar-refractivity contribution >= 4 is 17.9 Å². The van der Waals surface area contributed by atoms with E-state index >= 15 is 0 Å². The third kappa shape index (κ3) is 6.25. The Morgan fingerprint density at radius 3 is 2.23 bits per heavy atom. The number of nitrogens with zero attached hydrogens (tertiary/aromatic N) is 2. The fourth-order valence-electron chi connectivity index (χ4n) is 5.14. The molecule has 212 valence electrons. The first-order valence-electron chi connectivity index (χ1n) is 13.0. The molecule has 7 nitrogen and oxygen atoms in total. The van der Waals surface area contributed by atoms with Gasteiger partial charge in [0.1, 0.15) is 11.7 Å². The largest absolute Gasteiger partial charge is 0.444 e. The minimum atomic E-state index is -4.72. The number of alkyl halides is 3. The Hall–Kier alpha value is -3.43. The number of nitrogens with one attached hydrogen (secondary N) is 1. The summed E-state index contributed by atoms with van der Waals surface area (Å²) in [5.74, 6) is 0. The van der Waals surface area contributed by atoms with Crippen LogP contribution in [0.25, 0.3) is 0 Å². The number of amides is 2. The molecule has 4 rings (SSSR count). The number of likely N-dealkylation sites (tertiary alicyclic amines) is 1. The van der Waals surface area contributed by atoms with Crippen LogP contribution >= 0.6 is 0 Å². The first kappa shape index (κ1) is 28.6. The first-order valence-corrected chi connectivity index (χ1v) is 13.0. The van der Waals surface area contributed by atoms with Crippen molar-refractivity contribution in [3.63, 3.8) is 0 Å². The zero-order valence-corrected chi connectivity index (χ0v) is 23.1. The van der Waals surface area contributed by atoms with Gasteiger partial charge in [-0.05, 0) is 56.0 Å². The zero-order valence-electron chi connectivity index (χ0n) is 23.1. The van der Waals surface area contributed by atoms with Gasteiger partial charge in [-0.25, -0.2) is 9.59 Å². The summed E-state index contributed by atoms with van der Waals surface area (Å²) in [6, 6.07) is 12.1. The molecule has 2 aromatic carbocycles. The highest BCUT2D eigenvalue weighted by molar-refractivity contribution is 5.71. The van der Waals surface area contributed by atoms with E-state index in [2.05, 4.69) is 31.3 Å². The Bertz CT molecular complexity index is 1200. The number of halogens is 3.